The highest BCUT2D eigenvalue weighted by atomic mass is 32.2. The lowest BCUT2D eigenvalue weighted by atomic mass is 10.00. The first kappa shape index (κ1) is 21.8. The van der Waals surface area contributed by atoms with E-state index in [9.17, 15) is 18.0 Å². The zero-order valence-electron chi connectivity index (χ0n) is 16.9. The molecule has 3 amide bonds. The lowest BCUT2D eigenvalue weighted by molar-refractivity contribution is -0.123. The third kappa shape index (κ3) is 5.83. The molecule has 160 valence electrons. The molecule has 1 fully saturated rings. The maximum atomic E-state index is 12.7. The van der Waals surface area contributed by atoms with Gasteiger partial charge in [0.15, 0.2) is 9.84 Å². The fraction of sp³-hybridized carbons (Fsp3) is 0.476. The number of rotatable bonds is 7. The van der Waals surface area contributed by atoms with Gasteiger partial charge in [-0.2, -0.15) is 5.26 Å². The van der Waals surface area contributed by atoms with E-state index in [-0.39, 0.29) is 23.4 Å². The van der Waals surface area contributed by atoms with Crippen molar-refractivity contribution in [1.82, 2.24) is 15.5 Å². The van der Waals surface area contributed by atoms with Crippen LogP contribution in [0.5, 0.6) is 0 Å². The molecule has 8 nitrogen and oxygen atoms in total. The van der Waals surface area contributed by atoms with Gasteiger partial charge in [-0.3, -0.25) is 4.79 Å². The van der Waals surface area contributed by atoms with Crippen LogP contribution in [0.2, 0.25) is 0 Å². The molecule has 1 unspecified atom stereocenters. The first-order valence-corrected chi connectivity index (χ1v) is 11.9. The van der Waals surface area contributed by atoms with Gasteiger partial charge in [0.25, 0.3) is 0 Å². The van der Waals surface area contributed by atoms with Crippen LogP contribution in [0, 0.1) is 17.2 Å². The Morgan fingerprint density at radius 1 is 1.27 bits per heavy atom. The van der Waals surface area contributed by atoms with Crippen molar-refractivity contribution >= 4 is 27.3 Å². The van der Waals surface area contributed by atoms with Crippen LogP contribution < -0.4 is 10.6 Å². The molecule has 1 aromatic carbocycles. The van der Waals surface area contributed by atoms with E-state index in [0.29, 0.717) is 31.8 Å². The molecule has 9 heteroatoms. The van der Waals surface area contributed by atoms with E-state index >= 15 is 0 Å². The van der Waals surface area contributed by atoms with Crippen molar-refractivity contribution in [2.45, 2.75) is 36.6 Å². The molecule has 0 saturated heterocycles. The first-order chi connectivity index (χ1) is 14.3. The Balaban J connectivity index is 1.59. The monoisotopic (exact) mass is 430 g/mol. The number of amides is 3. The predicted molar refractivity (Wildman–Crippen MR) is 112 cm³/mol. The Morgan fingerprint density at radius 3 is 2.50 bits per heavy atom. The summed E-state index contributed by atoms with van der Waals surface area (Å²) in [4.78, 5) is 26.9. The van der Waals surface area contributed by atoms with Gasteiger partial charge in [-0.05, 0) is 42.0 Å². The molecule has 0 aromatic heterocycles. The summed E-state index contributed by atoms with van der Waals surface area (Å²) in [6.07, 6.45) is 6.47. The van der Waals surface area contributed by atoms with Crippen molar-refractivity contribution in [2.75, 3.05) is 25.9 Å². The molecule has 1 atom stereocenters. The molecule has 2 N–H and O–H groups in total. The molecule has 1 saturated carbocycles. The Kier molecular flexibility index (Phi) is 6.77. The van der Waals surface area contributed by atoms with Crippen LogP contribution in [0.4, 0.5) is 4.79 Å². The van der Waals surface area contributed by atoms with Crippen LogP contribution in [0.15, 0.2) is 35.2 Å². The van der Waals surface area contributed by atoms with Crippen LogP contribution in [0.25, 0.3) is 5.57 Å². The SMILES string of the molecule is CS(=O)(=O)c1ccc(C2=CCN(C(=O)NC(CC3CC3)C(=O)NCC#N)CC2)cc1. The van der Waals surface area contributed by atoms with Gasteiger partial charge in [-0.25, -0.2) is 13.2 Å². The zero-order chi connectivity index (χ0) is 21.7. The average molecular weight is 431 g/mol. The fourth-order valence-corrected chi connectivity index (χ4v) is 4.07. The van der Waals surface area contributed by atoms with E-state index in [2.05, 4.69) is 10.6 Å². The van der Waals surface area contributed by atoms with Crippen LogP contribution in [-0.4, -0.2) is 57.2 Å². The molecule has 1 aliphatic carbocycles. The number of nitriles is 1. The number of carbonyl (C=O) groups is 2. The number of nitrogens with zero attached hydrogens (tertiary/aromatic N) is 2. The standard InChI is InChI=1S/C21H26N4O4S/c1-30(28,29)18-6-4-16(5-7-18)17-8-12-25(13-9-17)21(27)24-19(14-15-2-3-15)20(26)23-11-10-22/h4-8,15,19H,2-3,9,11-14H2,1H3,(H,23,26)(H,24,27). The third-order valence-electron chi connectivity index (χ3n) is 5.37. The number of hydrogen-bond acceptors (Lipinski definition) is 5. The van der Waals surface area contributed by atoms with Crippen molar-refractivity contribution < 1.29 is 18.0 Å². The molecule has 3 rings (SSSR count). The first-order valence-electron chi connectivity index (χ1n) is 9.97. The summed E-state index contributed by atoms with van der Waals surface area (Å²) < 4.78 is 23.2. The minimum atomic E-state index is -3.23. The van der Waals surface area contributed by atoms with E-state index in [1.807, 2.05) is 12.1 Å². The topological polar surface area (TPSA) is 119 Å². The largest absolute Gasteiger partial charge is 0.341 e. The van der Waals surface area contributed by atoms with Crippen LogP contribution in [0.3, 0.4) is 0 Å². The highest BCUT2D eigenvalue weighted by molar-refractivity contribution is 7.90. The molecule has 1 heterocycles. The van der Waals surface area contributed by atoms with Crippen molar-refractivity contribution in [3.05, 3.63) is 35.9 Å². The zero-order valence-corrected chi connectivity index (χ0v) is 17.7. The normalized spacial score (nSPS) is 17.5. The number of carbonyl (C=O) groups excluding carboxylic acids is 2. The number of hydrogen-bond donors (Lipinski definition) is 2. The van der Waals surface area contributed by atoms with Gasteiger partial charge >= 0.3 is 6.03 Å². The van der Waals surface area contributed by atoms with Gasteiger partial charge in [0, 0.05) is 19.3 Å². The van der Waals surface area contributed by atoms with Gasteiger partial charge in [-0.15, -0.1) is 0 Å². The van der Waals surface area contributed by atoms with Crippen LogP contribution in [0.1, 0.15) is 31.2 Å². The second-order valence-corrected chi connectivity index (χ2v) is 9.79. The summed E-state index contributed by atoms with van der Waals surface area (Å²) in [5, 5.41) is 14.0. The van der Waals surface area contributed by atoms with E-state index in [4.69, 9.17) is 5.26 Å². The lowest BCUT2D eigenvalue weighted by Crippen LogP contribution is -2.52. The maximum Gasteiger partial charge on any atom is 0.318 e. The quantitative estimate of drug-likeness (QED) is 0.638. The summed E-state index contributed by atoms with van der Waals surface area (Å²) in [5.74, 6) is 0.127. The fourth-order valence-electron chi connectivity index (χ4n) is 3.44. The molecular formula is C21H26N4O4S. The molecule has 0 radical (unpaired) electrons. The van der Waals surface area contributed by atoms with E-state index < -0.39 is 15.9 Å². The molecule has 2 aliphatic rings. The van der Waals surface area contributed by atoms with Crippen molar-refractivity contribution in [3.63, 3.8) is 0 Å². The number of urea groups is 1. The van der Waals surface area contributed by atoms with Gasteiger partial charge in [0.05, 0.1) is 11.0 Å². The minimum Gasteiger partial charge on any atom is -0.341 e. The molecule has 30 heavy (non-hydrogen) atoms. The van der Waals surface area contributed by atoms with Crippen molar-refractivity contribution in [3.8, 4) is 6.07 Å². The Hall–Kier alpha value is -2.86. The van der Waals surface area contributed by atoms with Crippen molar-refractivity contribution in [2.24, 2.45) is 5.92 Å². The molecule has 1 aliphatic heterocycles. The van der Waals surface area contributed by atoms with E-state index in [1.54, 1.807) is 29.2 Å². The van der Waals surface area contributed by atoms with Crippen LogP contribution in [-0.2, 0) is 14.6 Å². The predicted octanol–water partition coefficient (Wildman–Crippen LogP) is 1.70. The summed E-state index contributed by atoms with van der Waals surface area (Å²) in [5.41, 5.74) is 1.99. The maximum absolute atomic E-state index is 12.7. The van der Waals surface area contributed by atoms with Gasteiger partial charge < -0.3 is 15.5 Å². The molecular weight excluding hydrogens is 404 g/mol. The highest BCUT2D eigenvalue weighted by Gasteiger charge is 2.31. The van der Waals surface area contributed by atoms with Gasteiger partial charge in [-0.1, -0.05) is 31.1 Å². The third-order valence-corrected chi connectivity index (χ3v) is 6.50. The highest BCUT2D eigenvalue weighted by Crippen LogP contribution is 2.33. The summed E-state index contributed by atoms with van der Waals surface area (Å²) in [6.45, 7) is 0.830. The number of nitrogens with one attached hydrogen (secondary N) is 2. The number of sulfone groups is 1. The molecule has 0 spiro atoms. The average Bonchev–Trinajstić information content (AvgIpc) is 3.55. The Labute approximate surface area is 176 Å². The lowest BCUT2D eigenvalue weighted by Gasteiger charge is -2.29. The Morgan fingerprint density at radius 2 is 1.97 bits per heavy atom. The Bertz CT molecular complexity index is 975. The van der Waals surface area contributed by atoms with Crippen LogP contribution >= 0.6 is 0 Å². The second kappa shape index (κ2) is 9.30. The molecule has 0 bridgehead atoms. The number of benzene rings is 1. The molecule has 1 aromatic rings. The van der Waals surface area contributed by atoms with E-state index in [0.717, 1.165) is 24.0 Å². The summed E-state index contributed by atoms with van der Waals surface area (Å²) in [6, 6.07) is 7.69. The minimum absolute atomic E-state index is 0.0796. The van der Waals surface area contributed by atoms with Gasteiger partial charge in [0.1, 0.15) is 12.6 Å². The van der Waals surface area contributed by atoms with E-state index in [1.165, 1.54) is 6.26 Å². The van der Waals surface area contributed by atoms with Gasteiger partial charge in [0.2, 0.25) is 5.91 Å². The smallest absolute Gasteiger partial charge is 0.318 e. The second-order valence-electron chi connectivity index (χ2n) is 7.78. The summed E-state index contributed by atoms with van der Waals surface area (Å²) in [7, 11) is -3.23. The summed E-state index contributed by atoms with van der Waals surface area (Å²) >= 11 is 0. The van der Waals surface area contributed by atoms with Crippen molar-refractivity contribution in [1.29, 1.82) is 5.26 Å².